The van der Waals surface area contributed by atoms with Crippen molar-refractivity contribution in [1.29, 1.82) is 0 Å². The van der Waals surface area contributed by atoms with Crippen molar-refractivity contribution in [3.05, 3.63) is 0 Å². The van der Waals surface area contributed by atoms with Gasteiger partial charge in [-0.25, -0.2) is 0 Å². The zero-order chi connectivity index (χ0) is 11.4. The first-order valence-electron chi connectivity index (χ1n) is 6.14. The molecule has 2 fully saturated rings. The average Bonchev–Trinajstić information content (AvgIpc) is 3.02. The Morgan fingerprint density at radius 3 is 2.81 bits per heavy atom. The minimum absolute atomic E-state index is 0.348. The van der Waals surface area contributed by atoms with Gasteiger partial charge in [-0.15, -0.1) is 0 Å². The van der Waals surface area contributed by atoms with E-state index in [0.29, 0.717) is 18.0 Å². The quantitative estimate of drug-likeness (QED) is 0.513. The lowest BCUT2D eigenvalue weighted by Gasteiger charge is -2.29. The van der Waals surface area contributed by atoms with Crippen molar-refractivity contribution in [1.82, 2.24) is 10.2 Å². The lowest BCUT2D eigenvalue weighted by molar-refractivity contribution is 0.0352. The van der Waals surface area contributed by atoms with E-state index in [9.17, 15) is 0 Å². The Kier molecular flexibility index (Phi) is 4.01. The number of nitrogens with zero attached hydrogens (tertiary/aromatic N) is 2. The van der Waals surface area contributed by atoms with Gasteiger partial charge in [0.25, 0.3) is 0 Å². The molecule has 0 spiro atoms. The molecular formula is C11H22N4O. The summed E-state index contributed by atoms with van der Waals surface area (Å²) in [4.78, 5) is 6.76. The molecule has 0 aromatic carbocycles. The largest absolute Gasteiger partial charge is 0.379 e. The van der Waals surface area contributed by atoms with Crippen molar-refractivity contribution < 1.29 is 4.74 Å². The third-order valence-corrected chi connectivity index (χ3v) is 2.90. The topological polar surface area (TPSA) is 62.9 Å². The van der Waals surface area contributed by atoms with Gasteiger partial charge in [-0.3, -0.25) is 9.89 Å². The maximum absolute atomic E-state index is 5.82. The zero-order valence-electron chi connectivity index (χ0n) is 9.98. The molecule has 2 aliphatic rings. The smallest absolute Gasteiger partial charge is 0.189 e. The molecule has 1 heterocycles. The number of ether oxygens (including phenoxy) is 1. The van der Waals surface area contributed by atoms with Gasteiger partial charge in [0.05, 0.1) is 19.3 Å². The summed E-state index contributed by atoms with van der Waals surface area (Å²) in [5, 5.41) is 3.24. The third-order valence-electron chi connectivity index (χ3n) is 2.90. The van der Waals surface area contributed by atoms with Crippen LogP contribution in [0, 0.1) is 0 Å². The summed E-state index contributed by atoms with van der Waals surface area (Å²) in [6.45, 7) is 6.88. The van der Waals surface area contributed by atoms with Crippen LogP contribution in [0.15, 0.2) is 4.99 Å². The van der Waals surface area contributed by atoms with Crippen molar-refractivity contribution in [3.8, 4) is 0 Å². The van der Waals surface area contributed by atoms with Crippen molar-refractivity contribution in [2.75, 3.05) is 32.8 Å². The Balaban J connectivity index is 1.67. The minimum atomic E-state index is 0.348. The van der Waals surface area contributed by atoms with Crippen LogP contribution < -0.4 is 11.1 Å². The number of morpholine rings is 1. The van der Waals surface area contributed by atoms with Crippen LogP contribution in [0.5, 0.6) is 0 Å². The lowest BCUT2D eigenvalue weighted by atomic mass is 10.3. The Morgan fingerprint density at radius 2 is 2.19 bits per heavy atom. The normalized spacial score (nSPS) is 25.4. The van der Waals surface area contributed by atoms with Gasteiger partial charge in [-0.2, -0.15) is 0 Å². The van der Waals surface area contributed by atoms with E-state index in [2.05, 4.69) is 22.1 Å². The van der Waals surface area contributed by atoms with Crippen LogP contribution in [0.3, 0.4) is 0 Å². The van der Waals surface area contributed by atoms with Crippen molar-refractivity contribution >= 4 is 5.96 Å². The highest BCUT2D eigenvalue weighted by Crippen LogP contribution is 2.22. The second-order valence-corrected chi connectivity index (χ2v) is 4.70. The third kappa shape index (κ3) is 3.98. The summed E-state index contributed by atoms with van der Waals surface area (Å²) in [6, 6.07) is 0.837. The van der Waals surface area contributed by atoms with E-state index in [4.69, 9.17) is 10.5 Å². The molecule has 5 heteroatoms. The van der Waals surface area contributed by atoms with Gasteiger partial charge in [0, 0.05) is 25.7 Å². The van der Waals surface area contributed by atoms with Gasteiger partial charge in [-0.1, -0.05) is 0 Å². The first-order chi connectivity index (χ1) is 7.74. The molecule has 0 aromatic rings. The maximum atomic E-state index is 5.82. The Bertz CT molecular complexity index is 246. The summed E-state index contributed by atoms with van der Waals surface area (Å²) >= 11 is 0. The Hall–Kier alpha value is -0.810. The van der Waals surface area contributed by atoms with Crippen molar-refractivity contribution in [3.63, 3.8) is 0 Å². The highest BCUT2D eigenvalue weighted by molar-refractivity contribution is 5.78. The van der Waals surface area contributed by atoms with Gasteiger partial charge in [0.1, 0.15) is 0 Å². The Labute approximate surface area is 97.0 Å². The molecule has 0 amide bonds. The number of nitrogens with one attached hydrogen (secondary N) is 1. The molecule has 2 rings (SSSR count). The molecule has 0 radical (unpaired) electrons. The molecule has 16 heavy (non-hydrogen) atoms. The second kappa shape index (κ2) is 5.50. The van der Waals surface area contributed by atoms with Crippen LogP contribution >= 0.6 is 0 Å². The summed E-state index contributed by atoms with van der Waals surface area (Å²) in [5.41, 5.74) is 5.82. The summed E-state index contributed by atoms with van der Waals surface area (Å²) in [7, 11) is 0. The van der Waals surface area contributed by atoms with Crippen LogP contribution in [-0.2, 0) is 4.74 Å². The summed E-state index contributed by atoms with van der Waals surface area (Å²) in [6.07, 6.45) is 2.39. The molecule has 5 nitrogen and oxygen atoms in total. The minimum Gasteiger partial charge on any atom is -0.379 e. The zero-order valence-corrected chi connectivity index (χ0v) is 9.98. The van der Waals surface area contributed by atoms with Gasteiger partial charge in [0.15, 0.2) is 5.96 Å². The van der Waals surface area contributed by atoms with Crippen LogP contribution in [0.2, 0.25) is 0 Å². The average molecular weight is 226 g/mol. The van der Waals surface area contributed by atoms with Gasteiger partial charge in [-0.05, 0) is 19.8 Å². The van der Waals surface area contributed by atoms with E-state index in [1.165, 1.54) is 12.8 Å². The lowest BCUT2D eigenvalue weighted by Crippen LogP contribution is -2.47. The molecule has 1 saturated heterocycles. The molecule has 0 bridgehead atoms. The molecule has 1 saturated carbocycles. The van der Waals surface area contributed by atoms with Crippen LogP contribution in [-0.4, -0.2) is 55.8 Å². The number of guanidine groups is 1. The molecule has 92 valence electrons. The predicted molar refractivity (Wildman–Crippen MR) is 64.5 cm³/mol. The van der Waals surface area contributed by atoms with Crippen molar-refractivity contribution in [2.45, 2.75) is 31.8 Å². The summed E-state index contributed by atoms with van der Waals surface area (Å²) < 4.78 is 5.31. The predicted octanol–water partition coefficient (Wildman–Crippen LogP) is -0.226. The highest BCUT2D eigenvalue weighted by atomic mass is 16.5. The van der Waals surface area contributed by atoms with E-state index < -0.39 is 0 Å². The molecule has 1 unspecified atom stereocenters. The molecular weight excluding hydrogens is 204 g/mol. The van der Waals surface area contributed by atoms with E-state index in [1.54, 1.807) is 0 Å². The Morgan fingerprint density at radius 1 is 1.50 bits per heavy atom. The fraction of sp³-hybridized carbons (Fsp3) is 0.909. The van der Waals surface area contributed by atoms with Crippen molar-refractivity contribution in [2.24, 2.45) is 10.7 Å². The van der Waals surface area contributed by atoms with E-state index >= 15 is 0 Å². The van der Waals surface area contributed by atoms with Gasteiger partial charge in [0.2, 0.25) is 0 Å². The fourth-order valence-corrected chi connectivity index (χ4v) is 1.91. The van der Waals surface area contributed by atoms with E-state index in [0.717, 1.165) is 32.8 Å². The molecule has 1 aliphatic heterocycles. The first kappa shape index (κ1) is 11.7. The van der Waals surface area contributed by atoms with Gasteiger partial charge < -0.3 is 15.8 Å². The number of hydrogen-bond donors (Lipinski definition) is 2. The number of rotatable bonds is 4. The van der Waals surface area contributed by atoms with E-state index in [1.807, 2.05) is 0 Å². The number of aliphatic imine (C=N–C) groups is 1. The molecule has 1 aliphatic carbocycles. The monoisotopic (exact) mass is 226 g/mol. The van der Waals surface area contributed by atoms with Crippen LogP contribution in [0.4, 0.5) is 0 Å². The van der Waals surface area contributed by atoms with E-state index in [-0.39, 0.29) is 0 Å². The highest BCUT2D eigenvalue weighted by Gasteiger charge is 2.21. The van der Waals surface area contributed by atoms with Gasteiger partial charge >= 0.3 is 0 Å². The maximum Gasteiger partial charge on any atom is 0.189 e. The molecule has 3 N–H and O–H groups in total. The summed E-state index contributed by atoms with van der Waals surface area (Å²) in [5.74, 6) is 0.600. The number of nitrogens with two attached hydrogens (primary N) is 1. The second-order valence-electron chi connectivity index (χ2n) is 4.70. The SMILES string of the molecule is CC(CN1CCOCC1)NC(N)=NC1CC1. The molecule has 0 aromatic heterocycles. The first-order valence-corrected chi connectivity index (χ1v) is 6.14. The fourth-order valence-electron chi connectivity index (χ4n) is 1.91. The number of hydrogen-bond acceptors (Lipinski definition) is 3. The van der Waals surface area contributed by atoms with Crippen LogP contribution in [0.25, 0.3) is 0 Å². The van der Waals surface area contributed by atoms with Crippen LogP contribution in [0.1, 0.15) is 19.8 Å². The molecule has 1 atom stereocenters. The standard InChI is InChI=1S/C11H22N4O/c1-9(8-15-4-6-16-7-5-15)13-11(12)14-10-2-3-10/h9-10H,2-8H2,1H3,(H3,12,13,14).